The number of aromatic nitrogens is 4. The highest BCUT2D eigenvalue weighted by Crippen LogP contribution is 2.21. The average molecular weight is 342 g/mol. The maximum atomic E-state index is 12.4. The van der Waals surface area contributed by atoms with Crippen molar-refractivity contribution in [2.24, 2.45) is 5.41 Å². The van der Waals surface area contributed by atoms with Crippen molar-refractivity contribution >= 4 is 11.7 Å². The molecule has 1 fully saturated rings. The number of piperazine rings is 1. The molecule has 0 N–H and O–H groups in total. The standard InChI is InChI=1S/C18H26N6O/c1-13-10-14(2)24(21-13)16-11-15(19-12-20-16)22-6-8-23(9-7-22)17(25)18(3,4)5/h10-12H,6-9H2,1-5H3. The lowest BCUT2D eigenvalue weighted by Crippen LogP contribution is -2.51. The van der Waals surface area contributed by atoms with Crippen LogP contribution in [-0.4, -0.2) is 56.7 Å². The van der Waals surface area contributed by atoms with E-state index in [1.54, 1.807) is 6.33 Å². The van der Waals surface area contributed by atoms with E-state index in [2.05, 4.69) is 20.0 Å². The molecule has 0 aliphatic carbocycles. The number of rotatable bonds is 2. The summed E-state index contributed by atoms with van der Waals surface area (Å²) in [5.74, 6) is 1.85. The zero-order chi connectivity index (χ0) is 18.2. The van der Waals surface area contributed by atoms with Crippen molar-refractivity contribution in [2.75, 3.05) is 31.1 Å². The van der Waals surface area contributed by atoms with E-state index >= 15 is 0 Å². The molecule has 0 bridgehead atoms. The van der Waals surface area contributed by atoms with E-state index in [1.807, 2.05) is 56.3 Å². The van der Waals surface area contributed by atoms with Gasteiger partial charge in [0.15, 0.2) is 5.82 Å². The predicted octanol–water partition coefficient (Wildman–Crippen LogP) is 1.97. The largest absolute Gasteiger partial charge is 0.353 e. The summed E-state index contributed by atoms with van der Waals surface area (Å²) in [6.45, 7) is 12.9. The summed E-state index contributed by atoms with van der Waals surface area (Å²) in [6, 6.07) is 3.99. The Balaban J connectivity index is 1.73. The number of carbonyl (C=O) groups excluding carboxylic acids is 1. The molecule has 0 unspecified atom stereocenters. The third kappa shape index (κ3) is 3.65. The Morgan fingerprint density at radius 3 is 2.20 bits per heavy atom. The number of hydrogen-bond acceptors (Lipinski definition) is 5. The van der Waals surface area contributed by atoms with Crippen LogP contribution in [0, 0.1) is 19.3 Å². The first-order valence-corrected chi connectivity index (χ1v) is 8.66. The first kappa shape index (κ1) is 17.4. The molecule has 0 saturated carbocycles. The van der Waals surface area contributed by atoms with Gasteiger partial charge in [-0.1, -0.05) is 20.8 Å². The quantitative estimate of drug-likeness (QED) is 0.835. The van der Waals surface area contributed by atoms with Gasteiger partial charge in [0.1, 0.15) is 12.1 Å². The molecule has 2 aromatic rings. The lowest BCUT2D eigenvalue weighted by atomic mass is 9.94. The lowest BCUT2D eigenvalue weighted by molar-refractivity contribution is -0.139. The zero-order valence-corrected chi connectivity index (χ0v) is 15.7. The van der Waals surface area contributed by atoms with Crippen LogP contribution < -0.4 is 4.90 Å². The molecule has 0 radical (unpaired) electrons. The molecule has 0 aromatic carbocycles. The highest BCUT2D eigenvalue weighted by Gasteiger charge is 2.30. The van der Waals surface area contributed by atoms with Crippen molar-refractivity contribution in [1.29, 1.82) is 0 Å². The molecule has 0 atom stereocenters. The minimum Gasteiger partial charge on any atom is -0.353 e. The molecule has 134 valence electrons. The molecule has 25 heavy (non-hydrogen) atoms. The third-order valence-electron chi connectivity index (χ3n) is 4.40. The van der Waals surface area contributed by atoms with Crippen LogP contribution in [0.5, 0.6) is 0 Å². The number of hydrogen-bond donors (Lipinski definition) is 0. The minimum absolute atomic E-state index is 0.207. The maximum absolute atomic E-state index is 12.4. The Morgan fingerprint density at radius 2 is 1.64 bits per heavy atom. The van der Waals surface area contributed by atoms with Crippen LogP contribution in [0.25, 0.3) is 5.82 Å². The van der Waals surface area contributed by atoms with Gasteiger partial charge < -0.3 is 9.80 Å². The normalized spacial score (nSPS) is 15.6. The summed E-state index contributed by atoms with van der Waals surface area (Å²) in [7, 11) is 0. The van der Waals surface area contributed by atoms with E-state index in [0.717, 1.165) is 49.2 Å². The topological polar surface area (TPSA) is 67.2 Å². The fraction of sp³-hybridized carbons (Fsp3) is 0.556. The highest BCUT2D eigenvalue weighted by molar-refractivity contribution is 5.81. The summed E-state index contributed by atoms with van der Waals surface area (Å²) in [5, 5.41) is 4.48. The lowest BCUT2D eigenvalue weighted by Gasteiger charge is -2.38. The first-order chi connectivity index (χ1) is 11.8. The third-order valence-corrected chi connectivity index (χ3v) is 4.40. The monoisotopic (exact) mass is 342 g/mol. The van der Waals surface area contributed by atoms with Crippen molar-refractivity contribution < 1.29 is 4.79 Å². The Labute approximate surface area is 148 Å². The number of aryl methyl sites for hydroxylation is 2. The van der Waals surface area contributed by atoms with Crippen molar-refractivity contribution in [3.63, 3.8) is 0 Å². The molecule has 0 spiro atoms. The Kier molecular flexibility index (Phi) is 4.49. The fourth-order valence-corrected chi connectivity index (χ4v) is 3.10. The molecular formula is C18H26N6O. The van der Waals surface area contributed by atoms with Crippen LogP contribution in [0.15, 0.2) is 18.5 Å². The second kappa shape index (κ2) is 6.46. The van der Waals surface area contributed by atoms with Gasteiger partial charge in [0.05, 0.1) is 5.69 Å². The van der Waals surface area contributed by atoms with Crippen LogP contribution in [0.1, 0.15) is 32.2 Å². The molecule has 1 saturated heterocycles. The van der Waals surface area contributed by atoms with E-state index in [9.17, 15) is 4.79 Å². The molecule has 1 amide bonds. The Bertz CT molecular complexity index is 768. The summed E-state index contributed by atoms with van der Waals surface area (Å²) in [5.41, 5.74) is 1.68. The summed E-state index contributed by atoms with van der Waals surface area (Å²) in [4.78, 5) is 25.3. The van der Waals surface area contributed by atoms with Gasteiger partial charge in [-0.05, 0) is 19.9 Å². The molecule has 3 rings (SSSR count). The number of carbonyl (C=O) groups is 1. The van der Waals surface area contributed by atoms with E-state index in [1.165, 1.54) is 0 Å². The average Bonchev–Trinajstić information content (AvgIpc) is 2.92. The number of nitrogens with zero attached hydrogens (tertiary/aromatic N) is 6. The molecule has 3 heterocycles. The van der Waals surface area contributed by atoms with Gasteiger partial charge in [-0.2, -0.15) is 5.10 Å². The number of amides is 1. The van der Waals surface area contributed by atoms with Crippen molar-refractivity contribution in [1.82, 2.24) is 24.6 Å². The van der Waals surface area contributed by atoms with Gasteiger partial charge in [-0.15, -0.1) is 0 Å². The number of anilines is 1. The van der Waals surface area contributed by atoms with E-state index in [-0.39, 0.29) is 11.3 Å². The van der Waals surface area contributed by atoms with Gasteiger partial charge in [-0.3, -0.25) is 4.79 Å². The van der Waals surface area contributed by atoms with Crippen molar-refractivity contribution in [3.05, 3.63) is 29.8 Å². The van der Waals surface area contributed by atoms with Crippen LogP contribution in [-0.2, 0) is 4.79 Å². The zero-order valence-electron chi connectivity index (χ0n) is 15.7. The van der Waals surface area contributed by atoms with Crippen molar-refractivity contribution in [3.8, 4) is 5.82 Å². The smallest absolute Gasteiger partial charge is 0.228 e. The van der Waals surface area contributed by atoms with E-state index in [0.29, 0.717) is 0 Å². The predicted molar refractivity (Wildman–Crippen MR) is 96.9 cm³/mol. The second-order valence-electron chi connectivity index (χ2n) is 7.60. The summed E-state index contributed by atoms with van der Waals surface area (Å²) < 4.78 is 1.83. The highest BCUT2D eigenvalue weighted by atomic mass is 16.2. The van der Waals surface area contributed by atoms with E-state index < -0.39 is 0 Å². The van der Waals surface area contributed by atoms with Crippen LogP contribution >= 0.6 is 0 Å². The molecule has 7 nitrogen and oxygen atoms in total. The fourth-order valence-electron chi connectivity index (χ4n) is 3.10. The minimum atomic E-state index is -0.334. The maximum Gasteiger partial charge on any atom is 0.228 e. The summed E-state index contributed by atoms with van der Waals surface area (Å²) >= 11 is 0. The van der Waals surface area contributed by atoms with Gasteiger partial charge >= 0.3 is 0 Å². The van der Waals surface area contributed by atoms with Gasteiger partial charge in [-0.25, -0.2) is 14.6 Å². The summed E-state index contributed by atoms with van der Waals surface area (Å²) in [6.07, 6.45) is 1.58. The molecule has 7 heteroatoms. The van der Waals surface area contributed by atoms with Crippen LogP contribution in [0.4, 0.5) is 5.82 Å². The van der Waals surface area contributed by atoms with Gasteiger partial charge in [0.25, 0.3) is 0 Å². The molecular weight excluding hydrogens is 316 g/mol. The molecule has 1 aliphatic heterocycles. The van der Waals surface area contributed by atoms with E-state index in [4.69, 9.17) is 0 Å². The van der Waals surface area contributed by atoms with Crippen LogP contribution in [0.3, 0.4) is 0 Å². The first-order valence-electron chi connectivity index (χ1n) is 8.66. The Morgan fingerprint density at radius 1 is 1.00 bits per heavy atom. The second-order valence-corrected chi connectivity index (χ2v) is 7.60. The van der Waals surface area contributed by atoms with Gasteiger partial charge in [0.2, 0.25) is 5.91 Å². The van der Waals surface area contributed by atoms with Crippen molar-refractivity contribution in [2.45, 2.75) is 34.6 Å². The SMILES string of the molecule is Cc1cc(C)n(-c2cc(N3CCN(C(=O)C(C)(C)C)CC3)ncn2)n1. The van der Waals surface area contributed by atoms with Crippen LogP contribution in [0.2, 0.25) is 0 Å². The van der Waals surface area contributed by atoms with Gasteiger partial charge in [0, 0.05) is 43.4 Å². The molecule has 2 aromatic heterocycles. The molecule has 1 aliphatic rings. The Hall–Kier alpha value is -2.44.